The van der Waals surface area contributed by atoms with Gasteiger partial charge in [-0.15, -0.1) is 0 Å². The first-order chi connectivity index (χ1) is 8.56. The van der Waals surface area contributed by atoms with Crippen LogP contribution in [0.15, 0.2) is 18.2 Å². The zero-order chi connectivity index (χ0) is 13.1. The van der Waals surface area contributed by atoms with Crippen LogP contribution in [0.2, 0.25) is 0 Å². The molecule has 1 heterocycles. The lowest BCUT2D eigenvalue weighted by Gasteiger charge is -2.11. The molecule has 96 valence electrons. The molecule has 1 saturated heterocycles. The summed E-state index contributed by atoms with van der Waals surface area (Å²) in [6.45, 7) is 0.235. The molecule has 1 aromatic carbocycles. The summed E-state index contributed by atoms with van der Waals surface area (Å²) in [5.41, 5.74) is 0.669. The zero-order valence-corrected chi connectivity index (χ0v) is 9.64. The first kappa shape index (κ1) is 12.2. The van der Waals surface area contributed by atoms with Gasteiger partial charge in [0.15, 0.2) is 11.5 Å². The molecule has 6 heteroatoms. The molecule has 1 atom stereocenters. The van der Waals surface area contributed by atoms with Crippen LogP contribution in [-0.2, 0) is 16.1 Å². The van der Waals surface area contributed by atoms with Crippen molar-refractivity contribution < 1.29 is 19.8 Å². The minimum Gasteiger partial charge on any atom is -0.504 e. The van der Waals surface area contributed by atoms with Gasteiger partial charge in [0.25, 0.3) is 0 Å². The second-order valence-corrected chi connectivity index (χ2v) is 4.20. The number of carbonyl (C=O) groups excluding carboxylic acids is 2. The van der Waals surface area contributed by atoms with Gasteiger partial charge in [-0.3, -0.25) is 9.59 Å². The molecule has 1 fully saturated rings. The molecular weight excluding hydrogens is 236 g/mol. The molecule has 1 aliphatic heterocycles. The lowest BCUT2D eigenvalue weighted by Crippen LogP contribution is -2.41. The molecular formula is C12H14N2O4. The quantitative estimate of drug-likeness (QED) is 0.567. The van der Waals surface area contributed by atoms with Crippen LogP contribution in [-0.4, -0.2) is 28.1 Å². The van der Waals surface area contributed by atoms with Crippen LogP contribution in [0.4, 0.5) is 0 Å². The Morgan fingerprint density at radius 1 is 1.39 bits per heavy atom. The second kappa shape index (κ2) is 4.95. The van der Waals surface area contributed by atoms with Crippen molar-refractivity contribution in [1.82, 2.24) is 10.6 Å². The Hall–Kier alpha value is -2.24. The van der Waals surface area contributed by atoms with Gasteiger partial charge in [-0.05, 0) is 24.1 Å². The van der Waals surface area contributed by atoms with Crippen LogP contribution in [0.3, 0.4) is 0 Å². The topological polar surface area (TPSA) is 98.7 Å². The van der Waals surface area contributed by atoms with Crippen molar-refractivity contribution >= 4 is 11.8 Å². The van der Waals surface area contributed by atoms with E-state index in [0.29, 0.717) is 18.4 Å². The SMILES string of the molecule is O=C1CCC(C(=O)NCc2ccc(O)c(O)c2)N1. The third-order valence-corrected chi connectivity index (χ3v) is 2.82. The molecule has 1 unspecified atom stereocenters. The minimum atomic E-state index is -0.469. The van der Waals surface area contributed by atoms with Crippen molar-refractivity contribution in [1.29, 1.82) is 0 Å². The summed E-state index contributed by atoms with van der Waals surface area (Å²) in [5.74, 6) is -0.783. The van der Waals surface area contributed by atoms with E-state index in [0.717, 1.165) is 0 Å². The molecule has 2 amide bonds. The molecule has 2 rings (SSSR count). The largest absolute Gasteiger partial charge is 0.504 e. The first-order valence-electron chi connectivity index (χ1n) is 5.64. The van der Waals surface area contributed by atoms with E-state index in [1.807, 2.05) is 0 Å². The predicted molar refractivity (Wildman–Crippen MR) is 62.8 cm³/mol. The molecule has 0 saturated carbocycles. The average Bonchev–Trinajstić information content (AvgIpc) is 2.77. The van der Waals surface area contributed by atoms with Crippen LogP contribution in [0.25, 0.3) is 0 Å². The number of benzene rings is 1. The second-order valence-electron chi connectivity index (χ2n) is 4.20. The Bertz CT molecular complexity index is 487. The van der Waals surface area contributed by atoms with Gasteiger partial charge in [0.2, 0.25) is 11.8 Å². The van der Waals surface area contributed by atoms with Crippen LogP contribution in [0, 0.1) is 0 Å². The van der Waals surface area contributed by atoms with E-state index < -0.39 is 6.04 Å². The monoisotopic (exact) mass is 250 g/mol. The molecule has 1 aromatic rings. The normalized spacial score (nSPS) is 18.4. The number of rotatable bonds is 3. The number of carbonyl (C=O) groups is 2. The summed E-state index contributed by atoms with van der Waals surface area (Å²) in [7, 11) is 0. The summed E-state index contributed by atoms with van der Waals surface area (Å²) >= 11 is 0. The number of hydrogen-bond acceptors (Lipinski definition) is 4. The van der Waals surface area contributed by atoms with E-state index in [2.05, 4.69) is 10.6 Å². The maximum atomic E-state index is 11.7. The summed E-state index contributed by atoms with van der Waals surface area (Å²) in [4.78, 5) is 22.6. The number of nitrogens with one attached hydrogen (secondary N) is 2. The predicted octanol–water partition coefficient (Wildman–Crippen LogP) is -0.00740. The van der Waals surface area contributed by atoms with E-state index in [-0.39, 0.29) is 29.9 Å². The Labute approximate surface area is 104 Å². The first-order valence-corrected chi connectivity index (χ1v) is 5.64. The third kappa shape index (κ3) is 2.71. The standard InChI is InChI=1S/C12H14N2O4/c15-9-3-1-7(5-10(9)16)6-13-12(18)8-2-4-11(17)14-8/h1,3,5,8,15-16H,2,4,6H2,(H,13,18)(H,14,17). The molecule has 1 aliphatic rings. The van der Waals surface area contributed by atoms with Gasteiger partial charge in [-0.1, -0.05) is 6.07 Å². The highest BCUT2D eigenvalue weighted by molar-refractivity contribution is 5.90. The van der Waals surface area contributed by atoms with E-state index in [1.165, 1.54) is 12.1 Å². The lowest BCUT2D eigenvalue weighted by atomic mass is 10.2. The summed E-state index contributed by atoms with van der Waals surface area (Å²) < 4.78 is 0. The summed E-state index contributed by atoms with van der Waals surface area (Å²) in [5, 5.41) is 23.7. The summed E-state index contributed by atoms with van der Waals surface area (Å²) in [6.07, 6.45) is 0.879. The summed E-state index contributed by atoms with van der Waals surface area (Å²) in [6, 6.07) is 3.86. The molecule has 6 nitrogen and oxygen atoms in total. The fraction of sp³-hybridized carbons (Fsp3) is 0.333. The third-order valence-electron chi connectivity index (χ3n) is 2.82. The van der Waals surface area contributed by atoms with E-state index >= 15 is 0 Å². The zero-order valence-electron chi connectivity index (χ0n) is 9.64. The van der Waals surface area contributed by atoms with Crippen molar-refractivity contribution in [3.63, 3.8) is 0 Å². The highest BCUT2D eigenvalue weighted by Crippen LogP contribution is 2.24. The van der Waals surface area contributed by atoms with Crippen LogP contribution >= 0.6 is 0 Å². The molecule has 0 spiro atoms. The number of amides is 2. The molecule has 4 N–H and O–H groups in total. The molecule has 0 radical (unpaired) electrons. The van der Waals surface area contributed by atoms with E-state index in [9.17, 15) is 14.7 Å². The van der Waals surface area contributed by atoms with Crippen molar-refractivity contribution in [3.8, 4) is 11.5 Å². The lowest BCUT2D eigenvalue weighted by molar-refractivity contribution is -0.125. The maximum Gasteiger partial charge on any atom is 0.242 e. The molecule has 0 aromatic heterocycles. The van der Waals surface area contributed by atoms with Crippen molar-refractivity contribution in [2.24, 2.45) is 0 Å². The van der Waals surface area contributed by atoms with Crippen molar-refractivity contribution in [2.75, 3.05) is 0 Å². The average molecular weight is 250 g/mol. The highest BCUT2D eigenvalue weighted by Gasteiger charge is 2.26. The van der Waals surface area contributed by atoms with Crippen molar-refractivity contribution in [2.45, 2.75) is 25.4 Å². The van der Waals surface area contributed by atoms with Gasteiger partial charge in [-0.2, -0.15) is 0 Å². The molecule has 0 aliphatic carbocycles. The number of hydrogen-bond donors (Lipinski definition) is 4. The number of phenolic OH excluding ortho intramolecular Hbond substituents is 2. The number of aromatic hydroxyl groups is 2. The minimum absolute atomic E-state index is 0.113. The van der Waals surface area contributed by atoms with Gasteiger partial charge in [0.05, 0.1) is 0 Å². The van der Waals surface area contributed by atoms with Crippen LogP contribution < -0.4 is 10.6 Å². The Kier molecular flexibility index (Phi) is 3.36. The van der Waals surface area contributed by atoms with Gasteiger partial charge >= 0.3 is 0 Å². The Morgan fingerprint density at radius 2 is 2.17 bits per heavy atom. The Morgan fingerprint density at radius 3 is 2.78 bits per heavy atom. The van der Waals surface area contributed by atoms with Gasteiger partial charge in [-0.25, -0.2) is 0 Å². The van der Waals surface area contributed by atoms with E-state index in [4.69, 9.17) is 5.11 Å². The van der Waals surface area contributed by atoms with Gasteiger partial charge in [0, 0.05) is 13.0 Å². The maximum absolute atomic E-state index is 11.7. The smallest absolute Gasteiger partial charge is 0.242 e. The van der Waals surface area contributed by atoms with Gasteiger partial charge in [0.1, 0.15) is 6.04 Å². The fourth-order valence-corrected chi connectivity index (χ4v) is 1.80. The van der Waals surface area contributed by atoms with Crippen molar-refractivity contribution in [3.05, 3.63) is 23.8 Å². The highest BCUT2D eigenvalue weighted by atomic mass is 16.3. The van der Waals surface area contributed by atoms with Crippen LogP contribution in [0.5, 0.6) is 11.5 Å². The Balaban J connectivity index is 1.89. The van der Waals surface area contributed by atoms with Gasteiger partial charge < -0.3 is 20.8 Å². The van der Waals surface area contributed by atoms with Crippen LogP contribution in [0.1, 0.15) is 18.4 Å². The number of phenols is 2. The molecule has 0 bridgehead atoms. The fourth-order valence-electron chi connectivity index (χ4n) is 1.80. The van der Waals surface area contributed by atoms with E-state index in [1.54, 1.807) is 6.07 Å². The molecule has 18 heavy (non-hydrogen) atoms.